The molecule has 1 aliphatic heterocycles. The topological polar surface area (TPSA) is 87.0 Å². The summed E-state index contributed by atoms with van der Waals surface area (Å²) >= 11 is 0. The summed E-state index contributed by atoms with van der Waals surface area (Å²) in [6.45, 7) is 4.32. The van der Waals surface area contributed by atoms with Gasteiger partial charge >= 0.3 is 5.63 Å². The van der Waals surface area contributed by atoms with Gasteiger partial charge in [0.2, 0.25) is 0 Å². The van der Waals surface area contributed by atoms with E-state index in [0.717, 1.165) is 5.39 Å². The van der Waals surface area contributed by atoms with E-state index in [1.165, 1.54) is 6.07 Å². The molecule has 0 unspecified atom stereocenters. The third-order valence-corrected chi connectivity index (χ3v) is 3.56. The summed E-state index contributed by atoms with van der Waals surface area (Å²) in [4.78, 5) is 23.1. The lowest BCUT2D eigenvalue weighted by atomic mass is 10.2. The van der Waals surface area contributed by atoms with Crippen molar-refractivity contribution in [2.45, 2.75) is 25.7 Å². The number of benzene rings is 1. The Morgan fingerprint density at radius 2 is 2.12 bits per heavy atom. The van der Waals surface area contributed by atoms with Crippen LogP contribution < -0.4 is 15.7 Å². The third kappa shape index (κ3) is 4.12. The average Bonchev–Trinajstić information content (AvgIpc) is 2.89. The van der Waals surface area contributed by atoms with E-state index in [4.69, 9.17) is 18.6 Å². The number of amides is 1. The molecule has 0 bridgehead atoms. The zero-order valence-electron chi connectivity index (χ0n) is 13.5. The molecule has 0 saturated carbocycles. The van der Waals surface area contributed by atoms with E-state index >= 15 is 0 Å². The molecule has 1 aromatic heterocycles. The second-order valence-corrected chi connectivity index (χ2v) is 6.00. The van der Waals surface area contributed by atoms with Crippen LogP contribution in [0.25, 0.3) is 11.0 Å². The highest BCUT2D eigenvalue weighted by Crippen LogP contribution is 2.22. The van der Waals surface area contributed by atoms with E-state index in [1.807, 2.05) is 13.8 Å². The van der Waals surface area contributed by atoms with Gasteiger partial charge in [0.25, 0.3) is 5.91 Å². The maximum absolute atomic E-state index is 11.8. The summed E-state index contributed by atoms with van der Waals surface area (Å²) < 4.78 is 21.5. The van der Waals surface area contributed by atoms with Crippen LogP contribution in [0.3, 0.4) is 0 Å². The smallest absolute Gasteiger partial charge is 0.336 e. The Morgan fingerprint density at radius 1 is 1.33 bits per heavy atom. The maximum atomic E-state index is 11.8. The first kappa shape index (κ1) is 16.5. The first-order valence-electron chi connectivity index (χ1n) is 7.66. The van der Waals surface area contributed by atoms with Crippen LogP contribution in [0.1, 0.15) is 13.8 Å². The predicted molar refractivity (Wildman–Crippen MR) is 85.9 cm³/mol. The SMILES string of the molecule is CC1(C)OC[C@H](CNC(=O)COc2ccc3ccc(=O)oc3c2)O1. The summed E-state index contributed by atoms with van der Waals surface area (Å²) in [5.74, 6) is -0.424. The third-order valence-electron chi connectivity index (χ3n) is 3.56. The Labute approximate surface area is 138 Å². The van der Waals surface area contributed by atoms with Gasteiger partial charge in [-0.25, -0.2) is 4.79 Å². The molecule has 1 amide bonds. The number of nitrogens with one attached hydrogen (secondary N) is 1. The average molecular weight is 333 g/mol. The van der Waals surface area contributed by atoms with Gasteiger partial charge < -0.3 is 23.9 Å². The van der Waals surface area contributed by atoms with E-state index in [-0.39, 0.29) is 18.6 Å². The normalized spacial score (nSPS) is 19.3. The van der Waals surface area contributed by atoms with Crippen LogP contribution in [0.4, 0.5) is 0 Å². The summed E-state index contributed by atoms with van der Waals surface area (Å²) in [6.07, 6.45) is -0.168. The zero-order chi connectivity index (χ0) is 17.2. The number of carbonyl (C=O) groups excluding carboxylic acids is 1. The highest BCUT2D eigenvalue weighted by molar-refractivity contribution is 5.79. The first-order valence-corrected chi connectivity index (χ1v) is 7.66. The van der Waals surface area contributed by atoms with Crippen molar-refractivity contribution in [3.8, 4) is 5.75 Å². The van der Waals surface area contributed by atoms with Gasteiger partial charge in [0, 0.05) is 24.1 Å². The number of rotatable bonds is 5. The molecule has 24 heavy (non-hydrogen) atoms. The maximum Gasteiger partial charge on any atom is 0.336 e. The number of fused-ring (bicyclic) bond motifs is 1. The van der Waals surface area contributed by atoms with Crippen LogP contribution in [0.2, 0.25) is 0 Å². The van der Waals surface area contributed by atoms with Crippen molar-refractivity contribution in [2.75, 3.05) is 19.8 Å². The molecule has 128 valence electrons. The second-order valence-electron chi connectivity index (χ2n) is 6.00. The quantitative estimate of drug-likeness (QED) is 0.833. The van der Waals surface area contributed by atoms with E-state index in [9.17, 15) is 9.59 Å². The minimum atomic E-state index is -0.610. The molecule has 1 aromatic carbocycles. The van der Waals surface area contributed by atoms with Crippen LogP contribution in [0.15, 0.2) is 39.5 Å². The van der Waals surface area contributed by atoms with Crippen molar-refractivity contribution in [3.63, 3.8) is 0 Å². The van der Waals surface area contributed by atoms with Gasteiger partial charge in [-0.15, -0.1) is 0 Å². The standard InChI is InChI=1S/C17H19NO6/c1-17(2)22-9-13(24-17)8-18-15(19)10-21-12-5-3-11-4-6-16(20)23-14(11)7-12/h3-7,13H,8-10H2,1-2H3,(H,18,19)/t13-/m0/s1. The molecular formula is C17H19NO6. The Hall–Kier alpha value is -2.38. The van der Waals surface area contributed by atoms with E-state index < -0.39 is 11.4 Å². The molecule has 2 aromatic rings. The number of hydrogen-bond donors (Lipinski definition) is 1. The fourth-order valence-corrected chi connectivity index (χ4v) is 2.42. The van der Waals surface area contributed by atoms with Crippen molar-refractivity contribution in [3.05, 3.63) is 40.8 Å². The van der Waals surface area contributed by atoms with Crippen LogP contribution in [0.5, 0.6) is 5.75 Å². The van der Waals surface area contributed by atoms with Gasteiger partial charge in [0.1, 0.15) is 17.4 Å². The lowest BCUT2D eigenvalue weighted by Gasteiger charge is -2.17. The highest BCUT2D eigenvalue weighted by Gasteiger charge is 2.32. The van der Waals surface area contributed by atoms with Crippen LogP contribution >= 0.6 is 0 Å². The van der Waals surface area contributed by atoms with Gasteiger partial charge in [-0.05, 0) is 32.0 Å². The van der Waals surface area contributed by atoms with Gasteiger partial charge in [-0.3, -0.25) is 4.79 Å². The van der Waals surface area contributed by atoms with Gasteiger partial charge in [0.05, 0.1) is 6.61 Å². The molecule has 7 heteroatoms. The minimum Gasteiger partial charge on any atom is -0.484 e. The van der Waals surface area contributed by atoms with Gasteiger partial charge in [-0.1, -0.05) is 0 Å². The predicted octanol–water partition coefficient (Wildman–Crippen LogP) is 1.44. The molecule has 1 aliphatic rings. The molecule has 0 spiro atoms. The van der Waals surface area contributed by atoms with Crippen LogP contribution in [0, 0.1) is 0 Å². The lowest BCUT2D eigenvalue weighted by Crippen LogP contribution is -2.37. The fourth-order valence-electron chi connectivity index (χ4n) is 2.42. The lowest BCUT2D eigenvalue weighted by molar-refractivity contribution is -0.139. The monoisotopic (exact) mass is 333 g/mol. The highest BCUT2D eigenvalue weighted by atomic mass is 16.7. The summed E-state index contributed by atoms with van der Waals surface area (Å²) in [6, 6.07) is 8.08. The molecule has 1 fully saturated rings. The van der Waals surface area contributed by atoms with Crippen LogP contribution in [-0.4, -0.2) is 37.6 Å². The van der Waals surface area contributed by atoms with Crippen molar-refractivity contribution >= 4 is 16.9 Å². The Kier molecular flexibility index (Phi) is 4.55. The number of ether oxygens (including phenoxy) is 3. The van der Waals surface area contributed by atoms with Crippen molar-refractivity contribution < 1.29 is 23.4 Å². The molecule has 7 nitrogen and oxygen atoms in total. The summed E-state index contributed by atoms with van der Waals surface area (Å²) in [5, 5.41) is 3.52. The summed E-state index contributed by atoms with van der Waals surface area (Å²) in [5.41, 5.74) is -0.0155. The molecule has 1 N–H and O–H groups in total. The Morgan fingerprint density at radius 3 is 2.88 bits per heavy atom. The molecule has 1 saturated heterocycles. The fraction of sp³-hybridized carbons (Fsp3) is 0.412. The van der Waals surface area contributed by atoms with Gasteiger partial charge in [0.15, 0.2) is 12.4 Å². The molecule has 3 rings (SSSR count). The van der Waals surface area contributed by atoms with E-state index in [0.29, 0.717) is 24.5 Å². The van der Waals surface area contributed by atoms with Crippen LogP contribution in [-0.2, 0) is 14.3 Å². The van der Waals surface area contributed by atoms with E-state index in [1.54, 1.807) is 24.3 Å². The van der Waals surface area contributed by atoms with Crippen molar-refractivity contribution in [1.29, 1.82) is 0 Å². The zero-order valence-corrected chi connectivity index (χ0v) is 13.5. The molecular weight excluding hydrogens is 314 g/mol. The number of hydrogen-bond acceptors (Lipinski definition) is 6. The molecule has 0 aliphatic carbocycles. The van der Waals surface area contributed by atoms with E-state index in [2.05, 4.69) is 5.32 Å². The molecule has 2 heterocycles. The summed E-state index contributed by atoms with van der Waals surface area (Å²) in [7, 11) is 0. The molecule has 0 radical (unpaired) electrons. The van der Waals surface area contributed by atoms with Crippen molar-refractivity contribution in [1.82, 2.24) is 5.32 Å². The number of carbonyl (C=O) groups is 1. The Balaban J connectivity index is 1.50. The first-order chi connectivity index (χ1) is 11.4. The largest absolute Gasteiger partial charge is 0.484 e. The second kappa shape index (κ2) is 6.62. The van der Waals surface area contributed by atoms with Gasteiger partial charge in [-0.2, -0.15) is 0 Å². The Bertz CT molecular complexity index is 797. The minimum absolute atomic E-state index is 0.139. The van der Waals surface area contributed by atoms with Crippen molar-refractivity contribution in [2.24, 2.45) is 0 Å². The molecule has 1 atom stereocenters.